The summed E-state index contributed by atoms with van der Waals surface area (Å²) in [5.41, 5.74) is 3.11. The van der Waals surface area contributed by atoms with Gasteiger partial charge in [0.05, 0.1) is 5.56 Å². The van der Waals surface area contributed by atoms with Crippen molar-refractivity contribution in [2.24, 2.45) is 0 Å². The van der Waals surface area contributed by atoms with Crippen LogP contribution >= 0.6 is 0 Å². The Kier molecular flexibility index (Phi) is 4.30. The second-order valence-corrected chi connectivity index (χ2v) is 7.10. The minimum Gasteiger partial charge on any atom is -0.436 e. The lowest BCUT2D eigenvalue weighted by Gasteiger charge is -2.39. The number of benzene rings is 2. The lowest BCUT2D eigenvalue weighted by molar-refractivity contribution is 0.0953. The molecule has 130 valence electrons. The molecule has 1 fully saturated rings. The summed E-state index contributed by atoms with van der Waals surface area (Å²) in [5.74, 6) is 0.0233. The highest BCUT2D eigenvalue weighted by atomic mass is 19.1. The number of halogens is 1. The van der Waals surface area contributed by atoms with E-state index in [-0.39, 0.29) is 5.82 Å². The van der Waals surface area contributed by atoms with Crippen molar-refractivity contribution in [3.8, 4) is 11.5 Å². The van der Waals surface area contributed by atoms with Gasteiger partial charge in [0, 0.05) is 18.6 Å². The van der Waals surface area contributed by atoms with E-state index in [0.717, 1.165) is 12.1 Å². The van der Waals surface area contributed by atoms with Crippen molar-refractivity contribution in [1.29, 1.82) is 0 Å². The van der Waals surface area contributed by atoms with Crippen LogP contribution in [0.25, 0.3) is 22.6 Å². The Hall–Kier alpha value is -2.20. The van der Waals surface area contributed by atoms with E-state index in [1.807, 2.05) is 6.07 Å². The van der Waals surface area contributed by atoms with Crippen LogP contribution in [0.2, 0.25) is 0 Å². The molecule has 0 unspecified atom stereocenters. The molecule has 0 bridgehead atoms. The zero-order valence-corrected chi connectivity index (χ0v) is 14.7. The number of hydrogen-bond acceptors (Lipinski definition) is 3. The summed E-state index contributed by atoms with van der Waals surface area (Å²) < 4.78 is 19.7. The highest BCUT2D eigenvalue weighted by Gasteiger charge is 2.24. The number of fused-ring (bicyclic) bond motifs is 1. The fourth-order valence-corrected chi connectivity index (χ4v) is 3.82. The summed E-state index contributed by atoms with van der Waals surface area (Å²) in [6, 6.07) is 13.9. The Morgan fingerprint density at radius 2 is 1.88 bits per heavy atom. The molecule has 0 saturated carbocycles. The molecule has 0 N–H and O–H groups in total. The van der Waals surface area contributed by atoms with Gasteiger partial charge in [-0.05, 0) is 56.5 Å². The van der Waals surface area contributed by atoms with Crippen LogP contribution in [0.5, 0.6) is 0 Å². The molecular formula is C21H23FN2O. The molecule has 1 aromatic heterocycles. The van der Waals surface area contributed by atoms with E-state index >= 15 is 0 Å². The van der Waals surface area contributed by atoms with Crippen LogP contribution in [0.4, 0.5) is 4.39 Å². The van der Waals surface area contributed by atoms with Gasteiger partial charge in [-0.1, -0.05) is 24.6 Å². The first-order valence-corrected chi connectivity index (χ1v) is 9.02. The fourth-order valence-electron chi connectivity index (χ4n) is 3.82. The second kappa shape index (κ2) is 6.60. The molecule has 2 heterocycles. The number of hydrogen-bond donors (Lipinski definition) is 0. The van der Waals surface area contributed by atoms with E-state index in [0.29, 0.717) is 29.1 Å². The van der Waals surface area contributed by atoms with Gasteiger partial charge in [0.25, 0.3) is 0 Å². The Balaban J connectivity index is 1.63. The lowest BCUT2D eigenvalue weighted by atomic mass is 9.97. The quantitative estimate of drug-likeness (QED) is 0.640. The van der Waals surface area contributed by atoms with Crippen LogP contribution in [0.15, 0.2) is 46.9 Å². The van der Waals surface area contributed by atoms with E-state index in [2.05, 4.69) is 35.9 Å². The average Bonchev–Trinajstić information content (AvgIpc) is 3.01. The van der Waals surface area contributed by atoms with Crippen molar-refractivity contribution in [3.05, 3.63) is 53.8 Å². The Morgan fingerprint density at radius 3 is 2.64 bits per heavy atom. The van der Waals surface area contributed by atoms with E-state index in [1.54, 1.807) is 18.2 Å². The molecule has 0 aliphatic carbocycles. The van der Waals surface area contributed by atoms with Gasteiger partial charge in [-0.3, -0.25) is 4.90 Å². The standard InChI is InChI=1S/C21H23FN2O/c1-14-6-5-7-15(2)24(14)13-16-10-11-20-19(12-16)23-21(25-20)17-8-3-4-9-18(17)22/h3-4,8-12,14-15H,5-7,13H2,1-2H3/t14-,15-/m0/s1. The molecule has 3 aromatic rings. The molecule has 25 heavy (non-hydrogen) atoms. The van der Waals surface area contributed by atoms with Gasteiger partial charge in [0.2, 0.25) is 5.89 Å². The van der Waals surface area contributed by atoms with Crippen LogP contribution in [0, 0.1) is 5.82 Å². The Bertz CT molecular complexity index is 878. The van der Waals surface area contributed by atoms with Gasteiger partial charge in [-0.15, -0.1) is 0 Å². The topological polar surface area (TPSA) is 29.3 Å². The largest absolute Gasteiger partial charge is 0.436 e. The summed E-state index contributed by atoms with van der Waals surface area (Å²) in [5, 5.41) is 0. The molecule has 0 spiro atoms. The van der Waals surface area contributed by atoms with Gasteiger partial charge in [-0.25, -0.2) is 9.37 Å². The zero-order chi connectivity index (χ0) is 17.4. The van der Waals surface area contributed by atoms with E-state index in [4.69, 9.17) is 4.42 Å². The molecule has 2 aromatic carbocycles. The molecule has 1 saturated heterocycles. The van der Waals surface area contributed by atoms with Crippen molar-refractivity contribution in [1.82, 2.24) is 9.88 Å². The van der Waals surface area contributed by atoms with Crippen molar-refractivity contribution < 1.29 is 8.81 Å². The highest BCUT2D eigenvalue weighted by molar-refractivity contribution is 5.77. The summed E-state index contributed by atoms with van der Waals surface area (Å²) >= 11 is 0. The third-order valence-corrected chi connectivity index (χ3v) is 5.30. The smallest absolute Gasteiger partial charge is 0.230 e. The molecule has 4 heteroatoms. The lowest BCUT2D eigenvalue weighted by Crippen LogP contribution is -2.42. The number of nitrogens with zero attached hydrogens (tertiary/aromatic N) is 2. The first kappa shape index (κ1) is 16.3. The van der Waals surface area contributed by atoms with E-state index in [9.17, 15) is 4.39 Å². The predicted molar refractivity (Wildman–Crippen MR) is 97.7 cm³/mol. The molecular weight excluding hydrogens is 315 g/mol. The maximum absolute atomic E-state index is 14.0. The molecule has 4 rings (SSSR count). The maximum atomic E-state index is 14.0. The average molecular weight is 338 g/mol. The van der Waals surface area contributed by atoms with Gasteiger partial charge >= 0.3 is 0 Å². The van der Waals surface area contributed by atoms with Crippen LogP contribution in [-0.4, -0.2) is 22.0 Å². The molecule has 1 aliphatic heterocycles. The van der Waals surface area contributed by atoms with Crippen LogP contribution in [0.1, 0.15) is 38.7 Å². The Morgan fingerprint density at radius 1 is 1.12 bits per heavy atom. The second-order valence-electron chi connectivity index (χ2n) is 7.10. The fraction of sp³-hybridized carbons (Fsp3) is 0.381. The number of likely N-dealkylation sites (tertiary alicyclic amines) is 1. The first-order chi connectivity index (χ1) is 12.1. The maximum Gasteiger partial charge on any atom is 0.230 e. The van der Waals surface area contributed by atoms with Gasteiger partial charge < -0.3 is 4.42 Å². The van der Waals surface area contributed by atoms with E-state index < -0.39 is 0 Å². The van der Waals surface area contributed by atoms with Gasteiger partial charge in [0.15, 0.2) is 5.58 Å². The third kappa shape index (κ3) is 3.19. The Labute approximate surface area is 147 Å². The van der Waals surface area contributed by atoms with Crippen LogP contribution < -0.4 is 0 Å². The number of oxazole rings is 1. The minimum absolute atomic E-state index is 0.315. The SMILES string of the molecule is C[C@H]1CCC[C@H](C)N1Cc1ccc2oc(-c3ccccc3F)nc2c1. The van der Waals surface area contributed by atoms with Crippen molar-refractivity contribution >= 4 is 11.1 Å². The van der Waals surface area contributed by atoms with Gasteiger partial charge in [-0.2, -0.15) is 0 Å². The molecule has 2 atom stereocenters. The molecule has 0 amide bonds. The van der Waals surface area contributed by atoms with Gasteiger partial charge in [0.1, 0.15) is 11.3 Å². The molecule has 1 aliphatic rings. The third-order valence-electron chi connectivity index (χ3n) is 5.30. The summed E-state index contributed by atoms with van der Waals surface area (Å²) in [4.78, 5) is 7.07. The molecule has 3 nitrogen and oxygen atoms in total. The molecule has 0 radical (unpaired) electrons. The predicted octanol–water partition coefficient (Wildman–Crippen LogP) is 5.40. The summed E-state index contributed by atoms with van der Waals surface area (Å²) in [7, 11) is 0. The van der Waals surface area contributed by atoms with Crippen LogP contribution in [-0.2, 0) is 6.54 Å². The van der Waals surface area contributed by atoms with Crippen LogP contribution in [0.3, 0.4) is 0 Å². The van der Waals surface area contributed by atoms with E-state index in [1.165, 1.54) is 30.9 Å². The highest BCUT2D eigenvalue weighted by Crippen LogP contribution is 2.29. The summed E-state index contributed by atoms with van der Waals surface area (Å²) in [6.45, 7) is 5.53. The zero-order valence-electron chi connectivity index (χ0n) is 14.7. The normalized spacial score (nSPS) is 21.7. The number of aromatic nitrogens is 1. The minimum atomic E-state index is -0.315. The first-order valence-electron chi connectivity index (χ1n) is 9.02. The van der Waals surface area contributed by atoms with Crippen molar-refractivity contribution in [2.75, 3.05) is 0 Å². The summed E-state index contributed by atoms with van der Waals surface area (Å²) in [6.07, 6.45) is 3.83. The monoisotopic (exact) mass is 338 g/mol. The number of piperidine rings is 1. The van der Waals surface area contributed by atoms with Crippen molar-refractivity contribution in [2.45, 2.75) is 51.7 Å². The number of rotatable bonds is 3. The van der Waals surface area contributed by atoms with Crippen molar-refractivity contribution in [3.63, 3.8) is 0 Å².